The van der Waals surface area contributed by atoms with Gasteiger partial charge in [-0.15, -0.1) is 0 Å². The molecular weight excluding hydrogens is 284 g/mol. The SMILES string of the molecule is COc1ccc(OC)c(NC(=O)CCn2ccccc2=O)c1. The lowest BCUT2D eigenvalue weighted by molar-refractivity contribution is -0.116. The van der Waals surface area contributed by atoms with Crippen LogP contribution in [0.25, 0.3) is 0 Å². The number of nitrogens with zero attached hydrogens (tertiary/aromatic N) is 1. The van der Waals surface area contributed by atoms with Gasteiger partial charge in [-0.2, -0.15) is 0 Å². The summed E-state index contributed by atoms with van der Waals surface area (Å²) in [6.07, 6.45) is 1.84. The van der Waals surface area contributed by atoms with Crippen molar-refractivity contribution in [1.82, 2.24) is 4.57 Å². The Labute approximate surface area is 128 Å². The van der Waals surface area contributed by atoms with Crippen LogP contribution in [-0.2, 0) is 11.3 Å². The Balaban J connectivity index is 2.03. The monoisotopic (exact) mass is 302 g/mol. The molecule has 0 spiro atoms. The Kier molecular flexibility index (Phi) is 5.19. The van der Waals surface area contributed by atoms with Gasteiger partial charge in [0.25, 0.3) is 5.56 Å². The molecule has 0 fully saturated rings. The van der Waals surface area contributed by atoms with Gasteiger partial charge in [0.05, 0.1) is 19.9 Å². The van der Waals surface area contributed by atoms with Crippen molar-refractivity contribution >= 4 is 11.6 Å². The van der Waals surface area contributed by atoms with Crippen molar-refractivity contribution in [3.8, 4) is 11.5 Å². The van der Waals surface area contributed by atoms with Gasteiger partial charge in [-0.3, -0.25) is 9.59 Å². The zero-order valence-electron chi connectivity index (χ0n) is 12.5. The highest BCUT2D eigenvalue weighted by molar-refractivity contribution is 5.92. The van der Waals surface area contributed by atoms with E-state index in [1.807, 2.05) is 0 Å². The average Bonchev–Trinajstić information content (AvgIpc) is 2.54. The minimum Gasteiger partial charge on any atom is -0.497 e. The van der Waals surface area contributed by atoms with Crippen LogP contribution in [0, 0.1) is 0 Å². The Morgan fingerprint density at radius 2 is 2.00 bits per heavy atom. The first-order valence-corrected chi connectivity index (χ1v) is 6.81. The lowest BCUT2D eigenvalue weighted by Gasteiger charge is -2.12. The van der Waals surface area contributed by atoms with Gasteiger partial charge in [0.2, 0.25) is 5.91 Å². The van der Waals surface area contributed by atoms with E-state index in [2.05, 4.69) is 5.32 Å². The van der Waals surface area contributed by atoms with Crippen LogP contribution in [0.1, 0.15) is 6.42 Å². The number of pyridine rings is 1. The standard InChI is InChI=1S/C16H18N2O4/c1-21-12-6-7-14(22-2)13(11-12)17-15(19)8-10-18-9-4-3-5-16(18)20/h3-7,9,11H,8,10H2,1-2H3,(H,17,19). The Bertz CT molecular complexity index is 709. The maximum absolute atomic E-state index is 12.0. The average molecular weight is 302 g/mol. The number of rotatable bonds is 6. The molecule has 0 aliphatic heterocycles. The summed E-state index contributed by atoms with van der Waals surface area (Å²) in [5.74, 6) is 0.962. The number of hydrogen-bond acceptors (Lipinski definition) is 4. The summed E-state index contributed by atoms with van der Waals surface area (Å²) in [7, 11) is 3.08. The highest BCUT2D eigenvalue weighted by Crippen LogP contribution is 2.28. The van der Waals surface area contributed by atoms with E-state index in [1.165, 1.54) is 17.7 Å². The third kappa shape index (κ3) is 3.88. The Morgan fingerprint density at radius 3 is 2.68 bits per heavy atom. The first kappa shape index (κ1) is 15.6. The van der Waals surface area contributed by atoms with E-state index in [0.717, 1.165) is 0 Å². The van der Waals surface area contributed by atoms with Crippen molar-refractivity contribution in [2.75, 3.05) is 19.5 Å². The van der Waals surface area contributed by atoms with Gasteiger partial charge in [0, 0.05) is 31.3 Å². The van der Waals surface area contributed by atoms with E-state index in [9.17, 15) is 9.59 Å². The van der Waals surface area contributed by atoms with Gasteiger partial charge >= 0.3 is 0 Å². The fourth-order valence-corrected chi connectivity index (χ4v) is 1.99. The summed E-state index contributed by atoms with van der Waals surface area (Å²) in [5.41, 5.74) is 0.404. The maximum Gasteiger partial charge on any atom is 0.250 e. The van der Waals surface area contributed by atoms with Gasteiger partial charge in [-0.05, 0) is 18.2 Å². The molecule has 0 saturated heterocycles. The molecule has 1 amide bonds. The summed E-state index contributed by atoms with van der Waals surface area (Å²) in [6, 6.07) is 10.0. The van der Waals surface area contributed by atoms with Crippen molar-refractivity contribution < 1.29 is 14.3 Å². The molecule has 6 nitrogen and oxygen atoms in total. The second-order valence-electron chi connectivity index (χ2n) is 4.60. The molecule has 116 valence electrons. The summed E-state index contributed by atoms with van der Waals surface area (Å²) >= 11 is 0. The summed E-state index contributed by atoms with van der Waals surface area (Å²) in [6.45, 7) is 0.317. The van der Waals surface area contributed by atoms with Crippen LogP contribution < -0.4 is 20.3 Å². The third-order valence-electron chi connectivity index (χ3n) is 3.16. The number of aromatic nitrogens is 1. The van der Waals surface area contributed by atoms with Gasteiger partial charge in [0.1, 0.15) is 11.5 Å². The molecule has 2 rings (SSSR count). The van der Waals surface area contributed by atoms with Crippen LogP contribution in [0.5, 0.6) is 11.5 Å². The van der Waals surface area contributed by atoms with Gasteiger partial charge in [-0.25, -0.2) is 0 Å². The van der Waals surface area contributed by atoms with Crippen LogP contribution in [-0.4, -0.2) is 24.7 Å². The van der Waals surface area contributed by atoms with E-state index in [0.29, 0.717) is 23.7 Å². The zero-order chi connectivity index (χ0) is 15.9. The van der Waals surface area contributed by atoms with E-state index in [4.69, 9.17) is 9.47 Å². The second kappa shape index (κ2) is 7.31. The van der Waals surface area contributed by atoms with Gasteiger partial charge in [-0.1, -0.05) is 6.07 Å². The highest BCUT2D eigenvalue weighted by Gasteiger charge is 2.09. The largest absolute Gasteiger partial charge is 0.497 e. The minimum atomic E-state index is -0.206. The van der Waals surface area contributed by atoms with Crippen molar-refractivity contribution in [3.05, 3.63) is 52.9 Å². The topological polar surface area (TPSA) is 69.6 Å². The molecule has 0 aliphatic carbocycles. The number of anilines is 1. The van der Waals surface area contributed by atoms with E-state index < -0.39 is 0 Å². The van der Waals surface area contributed by atoms with Gasteiger partial charge in [0.15, 0.2) is 0 Å². The fraction of sp³-hybridized carbons (Fsp3) is 0.250. The van der Waals surface area contributed by atoms with E-state index in [-0.39, 0.29) is 17.9 Å². The molecular formula is C16H18N2O4. The van der Waals surface area contributed by atoms with Crippen LogP contribution in [0.15, 0.2) is 47.4 Å². The predicted molar refractivity (Wildman–Crippen MR) is 83.5 cm³/mol. The normalized spacial score (nSPS) is 10.1. The van der Waals surface area contributed by atoms with Crippen molar-refractivity contribution in [1.29, 1.82) is 0 Å². The Hall–Kier alpha value is -2.76. The van der Waals surface area contributed by atoms with Crippen molar-refractivity contribution in [3.63, 3.8) is 0 Å². The summed E-state index contributed by atoms with van der Waals surface area (Å²) in [5, 5.41) is 2.77. The smallest absolute Gasteiger partial charge is 0.250 e. The second-order valence-corrected chi connectivity index (χ2v) is 4.60. The molecule has 1 heterocycles. The van der Waals surface area contributed by atoms with Crippen LogP contribution in [0.4, 0.5) is 5.69 Å². The number of methoxy groups -OCH3 is 2. The number of carbonyl (C=O) groups excluding carboxylic acids is 1. The molecule has 22 heavy (non-hydrogen) atoms. The molecule has 2 aromatic rings. The van der Waals surface area contributed by atoms with Crippen molar-refractivity contribution in [2.24, 2.45) is 0 Å². The number of nitrogens with one attached hydrogen (secondary N) is 1. The maximum atomic E-state index is 12.0. The van der Waals surface area contributed by atoms with Crippen molar-refractivity contribution in [2.45, 2.75) is 13.0 Å². The lowest BCUT2D eigenvalue weighted by Crippen LogP contribution is -2.21. The first-order valence-electron chi connectivity index (χ1n) is 6.81. The fourth-order valence-electron chi connectivity index (χ4n) is 1.99. The number of aryl methyl sites for hydroxylation is 1. The molecule has 0 radical (unpaired) electrons. The zero-order valence-corrected chi connectivity index (χ0v) is 12.5. The molecule has 1 aromatic carbocycles. The molecule has 0 saturated carbocycles. The van der Waals surface area contributed by atoms with E-state index >= 15 is 0 Å². The van der Waals surface area contributed by atoms with E-state index in [1.54, 1.807) is 43.6 Å². The van der Waals surface area contributed by atoms with Crippen LogP contribution in [0.2, 0.25) is 0 Å². The molecule has 0 aliphatic rings. The Morgan fingerprint density at radius 1 is 1.18 bits per heavy atom. The van der Waals surface area contributed by atoms with Crippen LogP contribution >= 0.6 is 0 Å². The predicted octanol–water partition coefficient (Wildman–Crippen LogP) is 1.89. The molecule has 0 bridgehead atoms. The molecule has 1 aromatic heterocycles. The molecule has 1 N–H and O–H groups in total. The quantitative estimate of drug-likeness (QED) is 0.884. The number of carbonyl (C=O) groups is 1. The third-order valence-corrected chi connectivity index (χ3v) is 3.16. The molecule has 6 heteroatoms. The number of hydrogen-bond donors (Lipinski definition) is 1. The molecule has 0 atom stereocenters. The first-order chi connectivity index (χ1) is 10.6. The minimum absolute atomic E-state index is 0.130. The summed E-state index contributed by atoms with van der Waals surface area (Å²) in [4.78, 5) is 23.6. The lowest BCUT2D eigenvalue weighted by atomic mass is 10.2. The molecule has 0 unspecified atom stereocenters. The summed E-state index contributed by atoms with van der Waals surface area (Å²) < 4.78 is 11.8. The number of benzene rings is 1. The van der Waals surface area contributed by atoms with Crippen LogP contribution in [0.3, 0.4) is 0 Å². The number of amides is 1. The van der Waals surface area contributed by atoms with Gasteiger partial charge < -0.3 is 19.4 Å². The number of ether oxygens (including phenoxy) is 2. The highest BCUT2D eigenvalue weighted by atomic mass is 16.5.